The van der Waals surface area contributed by atoms with Crippen molar-refractivity contribution in [3.8, 4) is 0 Å². The Morgan fingerprint density at radius 1 is 1.53 bits per heavy atom. The molecular weight excluding hydrogens is 194 g/mol. The van der Waals surface area contributed by atoms with Crippen LogP contribution in [0.25, 0.3) is 0 Å². The Morgan fingerprint density at radius 2 is 2.20 bits per heavy atom. The van der Waals surface area contributed by atoms with E-state index in [1.807, 2.05) is 0 Å². The summed E-state index contributed by atoms with van der Waals surface area (Å²) in [5, 5.41) is 3.28. The Kier molecular flexibility index (Phi) is 4.08. The van der Waals surface area contributed by atoms with Crippen molar-refractivity contribution in [2.45, 2.75) is 25.8 Å². The third-order valence-corrected chi connectivity index (χ3v) is 2.74. The molecule has 0 spiro atoms. The van der Waals surface area contributed by atoms with E-state index < -0.39 is 5.91 Å². The molecule has 3 N–H and O–H groups in total. The van der Waals surface area contributed by atoms with Gasteiger partial charge in [0.05, 0.1) is 6.54 Å². The number of nitrogens with zero attached hydrogens (tertiary/aromatic N) is 1. The fraction of sp³-hybridized carbons (Fsp3) is 0.800. The summed E-state index contributed by atoms with van der Waals surface area (Å²) >= 11 is 0. The van der Waals surface area contributed by atoms with Gasteiger partial charge in [0.25, 0.3) is 0 Å². The maximum absolute atomic E-state index is 11.9. The van der Waals surface area contributed by atoms with Crippen LogP contribution < -0.4 is 11.1 Å². The SMILES string of the molecule is CC1CC(C(=O)N(C)CC(N)=O)CCN1. The second kappa shape index (κ2) is 5.11. The van der Waals surface area contributed by atoms with Crippen molar-refractivity contribution in [1.29, 1.82) is 0 Å². The van der Waals surface area contributed by atoms with E-state index in [9.17, 15) is 9.59 Å². The summed E-state index contributed by atoms with van der Waals surface area (Å²) in [5.74, 6) is -0.402. The first-order chi connectivity index (χ1) is 7.00. The number of piperidine rings is 1. The van der Waals surface area contributed by atoms with Crippen molar-refractivity contribution < 1.29 is 9.59 Å². The van der Waals surface area contributed by atoms with Crippen LogP contribution >= 0.6 is 0 Å². The van der Waals surface area contributed by atoms with Gasteiger partial charge in [-0.2, -0.15) is 0 Å². The van der Waals surface area contributed by atoms with E-state index in [1.54, 1.807) is 7.05 Å². The molecule has 0 aromatic rings. The van der Waals surface area contributed by atoms with Gasteiger partial charge in [-0.05, 0) is 26.3 Å². The molecule has 5 heteroatoms. The molecule has 2 unspecified atom stereocenters. The smallest absolute Gasteiger partial charge is 0.237 e. The molecule has 2 amide bonds. The van der Waals surface area contributed by atoms with Crippen molar-refractivity contribution in [3.05, 3.63) is 0 Å². The van der Waals surface area contributed by atoms with Crippen LogP contribution in [0.3, 0.4) is 0 Å². The predicted octanol–water partition coefficient (Wildman–Crippen LogP) is -0.682. The summed E-state index contributed by atoms with van der Waals surface area (Å²) in [7, 11) is 1.62. The molecule has 5 nitrogen and oxygen atoms in total. The average Bonchev–Trinajstić information content (AvgIpc) is 2.15. The first-order valence-corrected chi connectivity index (χ1v) is 5.27. The Balaban J connectivity index is 2.47. The maximum Gasteiger partial charge on any atom is 0.237 e. The van der Waals surface area contributed by atoms with Gasteiger partial charge in [-0.25, -0.2) is 0 Å². The standard InChI is InChI=1S/C10H19N3O2/c1-7-5-8(3-4-12-7)10(15)13(2)6-9(11)14/h7-8,12H,3-6H2,1-2H3,(H2,11,14). The van der Waals surface area contributed by atoms with Crippen LogP contribution in [0.1, 0.15) is 19.8 Å². The molecule has 2 atom stereocenters. The molecule has 15 heavy (non-hydrogen) atoms. The average molecular weight is 213 g/mol. The highest BCUT2D eigenvalue weighted by Gasteiger charge is 2.27. The second-order valence-electron chi connectivity index (χ2n) is 4.24. The van der Waals surface area contributed by atoms with Gasteiger partial charge >= 0.3 is 0 Å². The third kappa shape index (κ3) is 3.51. The number of nitrogens with two attached hydrogens (primary N) is 1. The zero-order chi connectivity index (χ0) is 11.4. The molecule has 86 valence electrons. The van der Waals surface area contributed by atoms with Crippen molar-refractivity contribution in [1.82, 2.24) is 10.2 Å². The molecule has 1 heterocycles. The molecular formula is C10H19N3O2. The molecule has 1 aliphatic heterocycles. The third-order valence-electron chi connectivity index (χ3n) is 2.74. The minimum absolute atomic E-state index is 0.0111. The monoisotopic (exact) mass is 213 g/mol. The number of primary amides is 1. The summed E-state index contributed by atoms with van der Waals surface area (Å²) in [6.07, 6.45) is 1.67. The summed E-state index contributed by atoms with van der Waals surface area (Å²) in [5.41, 5.74) is 5.04. The van der Waals surface area contributed by atoms with Gasteiger partial charge in [0.1, 0.15) is 0 Å². The van der Waals surface area contributed by atoms with E-state index in [-0.39, 0.29) is 18.4 Å². The molecule has 1 rings (SSSR count). The zero-order valence-electron chi connectivity index (χ0n) is 9.32. The molecule has 0 aromatic heterocycles. The number of hydrogen-bond acceptors (Lipinski definition) is 3. The molecule has 1 aliphatic rings. The van der Waals surface area contributed by atoms with Gasteiger partial charge in [0.2, 0.25) is 11.8 Å². The Hall–Kier alpha value is -1.10. The Morgan fingerprint density at radius 3 is 2.73 bits per heavy atom. The van der Waals surface area contributed by atoms with Crippen LogP contribution in [0.2, 0.25) is 0 Å². The van der Waals surface area contributed by atoms with E-state index in [1.165, 1.54) is 4.90 Å². The number of carbonyl (C=O) groups is 2. The van der Waals surface area contributed by atoms with Crippen molar-refractivity contribution in [2.24, 2.45) is 11.7 Å². The van der Waals surface area contributed by atoms with Crippen molar-refractivity contribution in [2.75, 3.05) is 20.1 Å². The summed E-state index contributed by atoms with van der Waals surface area (Å²) in [4.78, 5) is 24.0. The quantitative estimate of drug-likeness (QED) is 0.652. The first-order valence-electron chi connectivity index (χ1n) is 5.27. The van der Waals surface area contributed by atoms with E-state index in [2.05, 4.69) is 12.2 Å². The molecule has 0 aliphatic carbocycles. The number of rotatable bonds is 3. The van der Waals surface area contributed by atoms with Crippen LogP contribution in [0.5, 0.6) is 0 Å². The predicted molar refractivity (Wildman–Crippen MR) is 57.0 cm³/mol. The molecule has 0 saturated carbocycles. The highest BCUT2D eigenvalue weighted by atomic mass is 16.2. The van der Waals surface area contributed by atoms with E-state index in [4.69, 9.17) is 5.73 Å². The number of amides is 2. The first kappa shape index (κ1) is 12.0. The maximum atomic E-state index is 11.9. The lowest BCUT2D eigenvalue weighted by molar-refractivity contribution is -0.138. The Bertz CT molecular complexity index is 255. The van der Waals surface area contributed by atoms with Gasteiger partial charge in [-0.1, -0.05) is 0 Å². The summed E-state index contributed by atoms with van der Waals surface area (Å²) < 4.78 is 0. The lowest BCUT2D eigenvalue weighted by Gasteiger charge is -2.29. The summed E-state index contributed by atoms with van der Waals surface area (Å²) in [6.45, 7) is 2.94. The second-order valence-corrected chi connectivity index (χ2v) is 4.24. The number of nitrogens with one attached hydrogen (secondary N) is 1. The topological polar surface area (TPSA) is 75.4 Å². The molecule has 0 radical (unpaired) electrons. The van der Waals surface area contributed by atoms with Gasteiger partial charge in [0.15, 0.2) is 0 Å². The molecule has 1 saturated heterocycles. The van der Waals surface area contributed by atoms with Crippen LogP contribution in [-0.4, -0.2) is 42.9 Å². The fourth-order valence-electron chi connectivity index (χ4n) is 1.98. The van der Waals surface area contributed by atoms with Crippen LogP contribution in [-0.2, 0) is 9.59 Å². The lowest BCUT2D eigenvalue weighted by atomic mass is 9.92. The highest BCUT2D eigenvalue weighted by Crippen LogP contribution is 2.17. The van der Waals surface area contributed by atoms with Crippen LogP contribution in [0, 0.1) is 5.92 Å². The molecule has 0 aromatic carbocycles. The molecule has 0 bridgehead atoms. The van der Waals surface area contributed by atoms with Crippen LogP contribution in [0.4, 0.5) is 0 Å². The van der Waals surface area contributed by atoms with E-state index in [0.29, 0.717) is 6.04 Å². The summed E-state index contributed by atoms with van der Waals surface area (Å²) in [6, 6.07) is 0.370. The lowest BCUT2D eigenvalue weighted by Crippen LogP contribution is -2.45. The van der Waals surface area contributed by atoms with E-state index >= 15 is 0 Å². The number of carbonyl (C=O) groups excluding carboxylic acids is 2. The highest BCUT2D eigenvalue weighted by molar-refractivity contribution is 5.84. The van der Waals surface area contributed by atoms with Gasteiger partial charge in [-0.15, -0.1) is 0 Å². The number of likely N-dealkylation sites (N-methyl/N-ethyl adjacent to an activating group) is 1. The van der Waals surface area contributed by atoms with Gasteiger partial charge in [0, 0.05) is 19.0 Å². The largest absolute Gasteiger partial charge is 0.368 e. The minimum Gasteiger partial charge on any atom is -0.368 e. The van der Waals surface area contributed by atoms with E-state index in [0.717, 1.165) is 19.4 Å². The zero-order valence-corrected chi connectivity index (χ0v) is 9.32. The van der Waals surface area contributed by atoms with Crippen molar-refractivity contribution >= 4 is 11.8 Å². The van der Waals surface area contributed by atoms with Gasteiger partial charge in [-0.3, -0.25) is 9.59 Å². The normalized spacial score (nSPS) is 26.0. The van der Waals surface area contributed by atoms with Gasteiger partial charge < -0.3 is 16.0 Å². The van der Waals surface area contributed by atoms with Crippen LogP contribution in [0.15, 0.2) is 0 Å². The number of hydrogen-bond donors (Lipinski definition) is 2. The fourth-order valence-corrected chi connectivity index (χ4v) is 1.98. The minimum atomic E-state index is -0.465. The molecule has 1 fully saturated rings. The van der Waals surface area contributed by atoms with Crippen molar-refractivity contribution in [3.63, 3.8) is 0 Å². The Labute approximate surface area is 90.0 Å².